The lowest BCUT2D eigenvalue weighted by Gasteiger charge is -2.32. The van der Waals surface area contributed by atoms with Crippen molar-refractivity contribution in [3.05, 3.63) is 95.4 Å². The molecule has 38 heavy (non-hydrogen) atoms. The quantitative estimate of drug-likeness (QED) is 0.341. The summed E-state index contributed by atoms with van der Waals surface area (Å²) in [5.74, 6) is -0.395. The number of anilines is 2. The molecule has 0 radical (unpaired) electrons. The predicted molar refractivity (Wildman–Crippen MR) is 142 cm³/mol. The van der Waals surface area contributed by atoms with E-state index in [9.17, 15) is 18.0 Å². The molecule has 1 aliphatic heterocycles. The first-order valence-corrected chi connectivity index (χ1v) is 12.5. The Bertz CT molecular complexity index is 1470. The number of carbonyl (C=O) groups is 1. The lowest BCUT2D eigenvalue weighted by Crippen LogP contribution is -2.46. The first-order valence-electron chi connectivity index (χ1n) is 12.5. The fourth-order valence-corrected chi connectivity index (χ4v) is 5.03. The minimum atomic E-state index is -4.58. The highest BCUT2D eigenvalue weighted by atomic mass is 19.4. The van der Waals surface area contributed by atoms with Crippen LogP contribution in [-0.2, 0) is 18.1 Å². The van der Waals surface area contributed by atoms with Gasteiger partial charge in [-0.05, 0) is 67.8 Å². The van der Waals surface area contributed by atoms with Crippen LogP contribution in [0.1, 0.15) is 46.9 Å². The molecule has 4 aromatic rings. The number of hydrogen-bond donors (Lipinski definition) is 2. The van der Waals surface area contributed by atoms with Crippen molar-refractivity contribution in [1.82, 2.24) is 15.3 Å². The van der Waals surface area contributed by atoms with E-state index in [1.54, 1.807) is 37.4 Å². The van der Waals surface area contributed by atoms with Crippen LogP contribution in [0.25, 0.3) is 10.9 Å². The summed E-state index contributed by atoms with van der Waals surface area (Å²) in [6, 6.07) is 17.7. The lowest BCUT2D eigenvalue weighted by atomic mass is 9.87. The average molecular weight is 520 g/mol. The molecule has 0 bridgehead atoms. The van der Waals surface area contributed by atoms with E-state index in [0.29, 0.717) is 5.56 Å². The topological polar surface area (TPSA) is 84.1 Å². The zero-order valence-electron chi connectivity index (χ0n) is 20.9. The molecular weight excluding hydrogens is 491 g/mol. The predicted octanol–water partition coefficient (Wildman–Crippen LogP) is 5.72. The number of alkyl halides is 3. The Labute approximate surface area is 218 Å². The monoisotopic (exact) mass is 519 g/mol. The maximum absolute atomic E-state index is 13.4. The Kier molecular flexibility index (Phi) is 6.69. The minimum absolute atomic E-state index is 0.140. The molecule has 6 nitrogen and oxygen atoms in total. The van der Waals surface area contributed by atoms with Gasteiger partial charge in [0.05, 0.1) is 28.0 Å². The van der Waals surface area contributed by atoms with Gasteiger partial charge in [0.15, 0.2) is 0 Å². The second-order valence-corrected chi connectivity index (χ2v) is 9.89. The summed E-state index contributed by atoms with van der Waals surface area (Å²) < 4.78 is 39.9. The number of aromatic nitrogens is 2. The molecule has 1 unspecified atom stereocenters. The summed E-state index contributed by atoms with van der Waals surface area (Å²) >= 11 is 0. The fraction of sp³-hybridized carbons (Fsp3) is 0.276. The molecule has 1 amide bonds. The maximum Gasteiger partial charge on any atom is 0.417 e. The van der Waals surface area contributed by atoms with Gasteiger partial charge in [0, 0.05) is 48.5 Å². The normalized spacial score (nSPS) is 15.4. The molecule has 0 saturated carbocycles. The van der Waals surface area contributed by atoms with Gasteiger partial charge in [-0.1, -0.05) is 18.2 Å². The van der Waals surface area contributed by atoms with Gasteiger partial charge in [-0.2, -0.15) is 13.2 Å². The number of nitrogens with two attached hydrogens (primary N) is 1. The summed E-state index contributed by atoms with van der Waals surface area (Å²) in [5.41, 5.74) is 7.18. The standard InChI is InChI=1S/C29H28F3N5O/c1-28(26-24(33)16-22(18-35-26)29(30,31)32,17-19-6-9-23(10-7-19)37-13-2-3-14-37)36-27(38)21-8-11-25-20(15-21)5-4-12-34-25/h4-12,15-16,18H,2-3,13-14,17,33H2,1H3,(H,36,38). The molecule has 1 aliphatic rings. The molecule has 3 heterocycles. The zero-order chi connectivity index (χ0) is 26.9. The van der Waals surface area contributed by atoms with Gasteiger partial charge in [-0.25, -0.2) is 0 Å². The number of nitrogens with zero attached hydrogens (tertiary/aromatic N) is 3. The second kappa shape index (κ2) is 9.96. The Hall–Kier alpha value is -4.14. The van der Waals surface area contributed by atoms with E-state index in [-0.39, 0.29) is 17.8 Å². The summed E-state index contributed by atoms with van der Waals surface area (Å²) in [4.78, 5) is 24.2. The van der Waals surface area contributed by atoms with Crippen LogP contribution < -0.4 is 16.0 Å². The van der Waals surface area contributed by atoms with Gasteiger partial charge in [0.1, 0.15) is 0 Å². The molecular formula is C29H28F3N5O. The highest BCUT2D eigenvalue weighted by molar-refractivity contribution is 5.98. The maximum atomic E-state index is 13.4. The van der Waals surface area contributed by atoms with E-state index < -0.39 is 23.2 Å². The van der Waals surface area contributed by atoms with Gasteiger partial charge in [0.2, 0.25) is 0 Å². The number of carbonyl (C=O) groups excluding carboxylic acids is 1. The third kappa shape index (κ3) is 5.27. The van der Waals surface area contributed by atoms with Crippen molar-refractivity contribution in [3.63, 3.8) is 0 Å². The molecule has 2 aromatic carbocycles. The largest absolute Gasteiger partial charge is 0.417 e. The van der Waals surface area contributed by atoms with Crippen LogP contribution in [0.2, 0.25) is 0 Å². The molecule has 196 valence electrons. The Morgan fingerprint density at radius 2 is 1.76 bits per heavy atom. The molecule has 0 spiro atoms. The van der Waals surface area contributed by atoms with Gasteiger partial charge >= 0.3 is 6.18 Å². The van der Waals surface area contributed by atoms with E-state index in [1.165, 1.54) is 0 Å². The van der Waals surface area contributed by atoms with Crippen LogP contribution in [0.15, 0.2) is 73.1 Å². The van der Waals surface area contributed by atoms with Crippen LogP contribution in [-0.4, -0.2) is 29.0 Å². The van der Waals surface area contributed by atoms with Crippen LogP contribution in [0.3, 0.4) is 0 Å². The van der Waals surface area contributed by atoms with E-state index in [4.69, 9.17) is 5.73 Å². The molecule has 0 aliphatic carbocycles. The first-order chi connectivity index (χ1) is 18.1. The lowest BCUT2D eigenvalue weighted by molar-refractivity contribution is -0.137. The van der Waals surface area contributed by atoms with Crippen molar-refractivity contribution >= 4 is 28.2 Å². The molecule has 1 fully saturated rings. The second-order valence-electron chi connectivity index (χ2n) is 9.89. The molecule has 1 atom stereocenters. The molecule has 1 saturated heterocycles. The summed E-state index contributed by atoms with van der Waals surface area (Å²) in [6.07, 6.45) is 0.452. The molecule has 9 heteroatoms. The van der Waals surface area contributed by atoms with Crippen LogP contribution in [0.4, 0.5) is 24.5 Å². The van der Waals surface area contributed by atoms with Crippen molar-refractivity contribution in [3.8, 4) is 0 Å². The fourth-order valence-electron chi connectivity index (χ4n) is 5.03. The number of fused-ring (bicyclic) bond motifs is 1. The van der Waals surface area contributed by atoms with E-state index in [0.717, 1.165) is 60.3 Å². The van der Waals surface area contributed by atoms with Gasteiger partial charge in [-0.15, -0.1) is 0 Å². The minimum Gasteiger partial charge on any atom is -0.397 e. The Morgan fingerprint density at radius 3 is 2.45 bits per heavy atom. The SMILES string of the molecule is CC(Cc1ccc(N2CCCC2)cc1)(NC(=O)c1ccc2ncccc2c1)c1ncc(C(F)(F)F)cc1N. The summed E-state index contributed by atoms with van der Waals surface area (Å²) in [6.45, 7) is 3.76. The number of rotatable bonds is 6. The molecule has 5 rings (SSSR count). The van der Waals surface area contributed by atoms with Crippen molar-refractivity contribution in [2.45, 2.75) is 37.9 Å². The van der Waals surface area contributed by atoms with Crippen molar-refractivity contribution in [2.24, 2.45) is 0 Å². The van der Waals surface area contributed by atoms with E-state index in [1.807, 2.05) is 30.3 Å². The number of halogens is 3. The summed E-state index contributed by atoms with van der Waals surface area (Å²) in [7, 11) is 0. The Morgan fingerprint density at radius 1 is 1.03 bits per heavy atom. The van der Waals surface area contributed by atoms with Crippen LogP contribution in [0, 0.1) is 0 Å². The molecule has 2 aromatic heterocycles. The highest BCUT2D eigenvalue weighted by Gasteiger charge is 2.36. The van der Waals surface area contributed by atoms with Crippen molar-refractivity contribution in [2.75, 3.05) is 23.7 Å². The molecule has 3 N–H and O–H groups in total. The van der Waals surface area contributed by atoms with Crippen LogP contribution in [0.5, 0.6) is 0 Å². The number of amides is 1. The van der Waals surface area contributed by atoms with E-state index >= 15 is 0 Å². The summed E-state index contributed by atoms with van der Waals surface area (Å²) in [5, 5.41) is 3.81. The first kappa shape index (κ1) is 25.5. The van der Waals surface area contributed by atoms with Gasteiger partial charge in [-0.3, -0.25) is 14.8 Å². The Balaban J connectivity index is 1.49. The number of pyridine rings is 2. The highest BCUT2D eigenvalue weighted by Crippen LogP contribution is 2.35. The third-order valence-corrected chi connectivity index (χ3v) is 6.99. The zero-order valence-corrected chi connectivity index (χ0v) is 20.9. The van der Waals surface area contributed by atoms with Crippen molar-refractivity contribution < 1.29 is 18.0 Å². The smallest absolute Gasteiger partial charge is 0.397 e. The number of nitrogens with one attached hydrogen (secondary N) is 1. The van der Waals surface area contributed by atoms with Crippen molar-refractivity contribution in [1.29, 1.82) is 0 Å². The van der Waals surface area contributed by atoms with E-state index in [2.05, 4.69) is 20.2 Å². The van der Waals surface area contributed by atoms with Gasteiger partial charge < -0.3 is 16.0 Å². The third-order valence-electron chi connectivity index (χ3n) is 6.99. The van der Waals surface area contributed by atoms with Crippen LogP contribution >= 0.6 is 0 Å². The van der Waals surface area contributed by atoms with Gasteiger partial charge in [0.25, 0.3) is 5.91 Å². The number of nitrogen functional groups attached to an aromatic ring is 1. The number of hydrogen-bond acceptors (Lipinski definition) is 5. The average Bonchev–Trinajstić information content (AvgIpc) is 3.43. The number of benzene rings is 2.